The number of hydrogen-bond acceptors (Lipinski definition) is 4. The molecule has 0 aromatic heterocycles. The lowest BCUT2D eigenvalue weighted by atomic mass is 10.1. The van der Waals surface area contributed by atoms with E-state index < -0.39 is 6.10 Å². The van der Waals surface area contributed by atoms with Gasteiger partial charge in [0.15, 0.2) is 0 Å². The molecule has 0 spiro atoms. The van der Waals surface area contributed by atoms with E-state index in [4.69, 9.17) is 9.47 Å². The number of methoxy groups -OCH3 is 1. The van der Waals surface area contributed by atoms with E-state index in [-0.39, 0.29) is 6.10 Å². The molecule has 2 atom stereocenters. The largest absolute Gasteiger partial charge is 0.497 e. The molecule has 0 bridgehead atoms. The van der Waals surface area contributed by atoms with E-state index in [1.165, 1.54) is 16.2 Å². The Morgan fingerprint density at radius 1 is 1.04 bits per heavy atom. The molecule has 1 aliphatic heterocycles. The maximum atomic E-state index is 10.5. The van der Waals surface area contributed by atoms with Gasteiger partial charge in [-0.25, -0.2) is 0 Å². The molecule has 152 valence electrons. The summed E-state index contributed by atoms with van der Waals surface area (Å²) in [6.07, 6.45) is 0.530. The number of piperazine rings is 1. The second-order valence-electron chi connectivity index (χ2n) is 7.43. The molecule has 0 saturated carbocycles. The van der Waals surface area contributed by atoms with Crippen molar-refractivity contribution in [1.82, 2.24) is 0 Å². The Morgan fingerprint density at radius 3 is 2.32 bits per heavy atom. The van der Waals surface area contributed by atoms with Gasteiger partial charge in [0.2, 0.25) is 0 Å². The number of ether oxygens (including phenoxy) is 2. The van der Waals surface area contributed by atoms with Crippen molar-refractivity contribution in [2.75, 3.05) is 51.3 Å². The number of benzene rings is 2. The Balaban J connectivity index is 1.41. The Hall–Kier alpha value is -2.08. The Kier molecular flexibility index (Phi) is 7.71. The van der Waals surface area contributed by atoms with Crippen LogP contribution < -0.4 is 14.5 Å². The standard InChI is InChI=1S/C23H32N2O3/c1-3-23(19-7-5-4-6-8-19)28-18-21(26)17-24-13-15-25(16-14-24)20-9-11-22(27-2)12-10-20/h4-12,21,23,26H,3,13-18H2,1-2H3/p+1/t21-,23-/m0/s1. The van der Waals surface area contributed by atoms with E-state index in [0.29, 0.717) is 6.61 Å². The average Bonchev–Trinajstić information content (AvgIpc) is 2.75. The van der Waals surface area contributed by atoms with Gasteiger partial charge in [0.25, 0.3) is 0 Å². The highest BCUT2D eigenvalue weighted by Gasteiger charge is 2.23. The van der Waals surface area contributed by atoms with Crippen molar-refractivity contribution in [3.63, 3.8) is 0 Å². The molecule has 1 saturated heterocycles. The third-order valence-corrected chi connectivity index (χ3v) is 5.46. The number of quaternary nitrogens is 1. The Bertz CT molecular complexity index is 685. The van der Waals surface area contributed by atoms with Gasteiger partial charge in [0, 0.05) is 5.69 Å². The van der Waals surface area contributed by atoms with E-state index in [2.05, 4.69) is 36.1 Å². The molecule has 2 aromatic rings. The van der Waals surface area contributed by atoms with Crippen molar-refractivity contribution in [1.29, 1.82) is 0 Å². The molecular weight excluding hydrogens is 352 g/mol. The Labute approximate surface area is 168 Å². The van der Waals surface area contributed by atoms with Crippen molar-refractivity contribution < 1.29 is 19.5 Å². The van der Waals surface area contributed by atoms with Crippen LogP contribution in [0.3, 0.4) is 0 Å². The fraction of sp³-hybridized carbons (Fsp3) is 0.478. The zero-order chi connectivity index (χ0) is 19.8. The summed E-state index contributed by atoms with van der Waals surface area (Å²) in [5.41, 5.74) is 2.41. The smallest absolute Gasteiger partial charge is 0.126 e. The highest BCUT2D eigenvalue weighted by Crippen LogP contribution is 2.21. The predicted octanol–water partition coefficient (Wildman–Crippen LogP) is 1.93. The van der Waals surface area contributed by atoms with Crippen LogP contribution >= 0.6 is 0 Å². The van der Waals surface area contributed by atoms with Gasteiger partial charge in [-0.3, -0.25) is 0 Å². The maximum absolute atomic E-state index is 10.5. The first-order chi connectivity index (χ1) is 13.7. The molecule has 0 unspecified atom stereocenters. The molecule has 2 aromatic carbocycles. The summed E-state index contributed by atoms with van der Waals surface area (Å²) in [6, 6.07) is 18.5. The molecule has 28 heavy (non-hydrogen) atoms. The van der Waals surface area contributed by atoms with Crippen LogP contribution in [0.1, 0.15) is 25.0 Å². The SMILES string of the molecule is CC[C@H](OC[C@@H](O)C[NH+]1CCN(c2ccc(OC)cc2)CC1)c1ccccc1. The van der Waals surface area contributed by atoms with E-state index in [1.807, 2.05) is 30.3 Å². The number of aliphatic hydroxyl groups is 1. The van der Waals surface area contributed by atoms with Gasteiger partial charge in [-0.1, -0.05) is 37.3 Å². The number of rotatable bonds is 9. The summed E-state index contributed by atoms with van der Waals surface area (Å²) < 4.78 is 11.2. The molecule has 2 N–H and O–H groups in total. The molecule has 5 nitrogen and oxygen atoms in total. The minimum absolute atomic E-state index is 0.0535. The monoisotopic (exact) mass is 385 g/mol. The predicted molar refractivity (Wildman–Crippen MR) is 112 cm³/mol. The summed E-state index contributed by atoms with van der Waals surface area (Å²) in [7, 11) is 1.69. The third-order valence-electron chi connectivity index (χ3n) is 5.46. The van der Waals surface area contributed by atoms with Crippen LogP contribution in [0.4, 0.5) is 5.69 Å². The summed E-state index contributed by atoms with van der Waals surface area (Å²) >= 11 is 0. The zero-order valence-electron chi connectivity index (χ0n) is 17.0. The number of nitrogens with one attached hydrogen (secondary N) is 1. The lowest BCUT2D eigenvalue weighted by Gasteiger charge is -2.34. The molecule has 0 aliphatic carbocycles. The van der Waals surface area contributed by atoms with E-state index in [0.717, 1.165) is 44.9 Å². The van der Waals surface area contributed by atoms with Crippen LogP contribution in [0.15, 0.2) is 54.6 Å². The van der Waals surface area contributed by atoms with Crippen molar-refractivity contribution in [3.05, 3.63) is 60.2 Å². The number of hydrogen-bond donors (Lipinski definition) is 2. The minimum Gasteiger partial charge on any atom is -0.497 e. The quantitative estimate of drug-likeness (QED) is 0.693. The lowest BCUT2D eigenvalue weighted by molar-refractivity contribution is -0.903. The van der Waals surface area contributed by atoms with Gasteiger partial charge >= 0.3 is 0 Å². The summed E-state index contributed by atoms with van der Waals surface area (Å²) in [6.45, 7) is 7.29. The van der Waals surface area contributed by atoms with Crippen molar-refractivity contribution in [2.24, 2.45) is 0 Å². The Morgan fingerprint density at radius 2 is 1.71 bits per heavy atom. The average molecular weight is 386 g/mol. The van der Waals surface area contributed by atoms with Crippen molar-refractivity contribution in [3.8, 4) is 5.75 Å². The third kappa shape index (κ3) is 5.71. The lowest BCUT2D eigenvalue weighted by Crippen LogP contribution is -3.16. The molecular formula is C23H33N2O3+. The fourth-order valence-electron chi connectivity index (χ4n) is 3.82. The minimum atomic E-state index is -0.430. The first-order valence-electron chi connectivity index (χ1n) is 10.3. The van der Waals surface area contributed by atoms with Gasteiger partial charge in [0.05, 0.1) is 46.0 Å². The molecule has 1 heterocycles. The van der Waals surface area contributed by atoms with Crippen LogP contribution in [0, 0.1) is 0 Å². The first-order valence-corrected chi connectivity index (χ1v) is 10.3. The van der Waals surface area contributed by atoms with E-state index >= 15 is 0 Å². The summed E-state index contributed by atoms with van der Waals surface area (Å²) in [4.78, 5) is 3.84. The number of aliphatic hydroxyl groups excluding tert-OH is 1. The van der Waals surface area contributed by atoms with Gasteiger partial charge in [-0.05, 0) is 36.2 Å². The molecule has 0 amide bonds. The summed E-state index contributed by atoms with van der Waals surface area (Å²) in [5.74, 6) is 0.886. The second kappa shape index (κ2) is 10.5. The maximum Gasteiger partial charge on any atom is 0.126 e. The normalized spacial score (nSPS) is 17.3. The van der Waals surface area contributed by atoms with Gasteiger partial charge in [-0.2, -0.15) is 0 Å². The molecule has 1 aliphatic rings. The fourth-order valence-corrected chi connectivity index (χ4v) is 3.82. The topological polar surface area (TPSA) is 46.4 Å². The van der Waals surface area contributed by atoms with Crippen molar-refractivity contribution in [2.45, 2.75) is 25.6 Å². The molecule has 0 radical (unpaired) electrons. The molecule has 3 rings (SSSR count). The second-order valence-corrected chi connectivity index (χ2v) is 7.43. The number of anilines is 1. The highest BCUT2D eigenvalue weighted by molar-refractivity contribution is 5.49. The van der Waals surface area contributed by atoms with Crippen LogP contribution in [0.5, 0.6) is 5.75 Å². The van der Waals surface area contributed by atoms with Crippen LogP contribution in [0.25, 0.3) is 0 Å². The van der Waals surface area contributed by atoms with E-state index in [9.17, 15) is 5.11 Å². The van der Waals surface area contributed by atoms with Crippen LogP contribution in [-0.4, -0.2) is 57.7 Å². The van der Waals surface area contributed by atoms with Gasteiger partial charge in [0.1, 0.15) is 18.4 Å². The zero-order valence-corrected chi connectivity index (χ0v) is 17.0. The van der Waals surface area contributed by atoms with Gasteiger partial charge in [-0.15, -0.1) is 0 Å². The van der Waals surface area contributed by atoms with E-state index in [1.54, 1.807) is 7.11 Å². The van der Waals surface area contributed by atoms with Gasteiger partial charge < -0.3 is 24.4 Å². The van der Waals surface area contributed by atoms with Crippen LogP contribution in [0.2, 0.25) is 0 Å². The van der Waals surface area contributed by atoms with Crippen molar-refractivity contribution >= 4 is 5.69 Å². The summed E-state index contributed by atoms with van der Waals surface area (Å²) in [5, 5.41) is 10.5. The molecule has 1 fully saturated rings. The van der Waals surface area contributed by atoms with Crippen LogP contribution in [-0.2, 0) is 4.74 Å². The highest BCUT2D eigenvalue weighted by atomic mass is 16.5. The first kappa shape index (κ1) is 20.6. The molecule has 5 heteroatoms. The number of nitrogens with zero attached hydrogens (tertiary/aromatic N) is 1.